The highest BCUT2D eigenvalue weighted by atomic mass is 79.9. The second kappa shape index (κ2) is 6.63. The molecule has 0 atom stereocenters. The zero-order chi connectivity index (χ0) is 13.7. The molecule has 0 aliphatic heterocycles. The molecule has 0 radical (unpaired) electrons. The van der Waals surface area contributed by atoms with Crippen molar-refractivity contribution in [3.8, 4) is 5.88 Å². The van der Waals surface area contributed by atoms with Crippen LogP contribution in [0.15, 0.2) is 10.5 Å². The normalized spacial score (nSPS) is 10.6. The zero-order valence-corrected chi connectivity index (χ0v) is 11.5. The Morgan fingerprint density at radius 3 is 2.72 bits per heavy atom. The number of pyridine rings is 1. The third kappa shape index (κ3) is 3.63. The minimum atomic E-state index is -2.78. The fraction of sp³-hybridized carbons (Fsp3) is 0.455. The van der Waals surface area contributed by atoms with Crippen LogP contribution in [0.1, 0.15) is 24.6 Å². The van der Waals surface area contributed by atoms with Crippen LogP contribution in [0.25, 0.3) is 0 Å². The van der Waals surface area contributed by atoms with Gasteiger partial charge in [0, 0.05) is 0 Å². The maximum Gasteiger partial charge on any atom is 0.310 e. The Bertz CT molecular complexity index is 441. The Labute approximate surface area is 111 Å². The van der Waals surface area contributed by atoms with Gasteiger partial charge < -0.3 is 9.47 Å². The van der Waals surface area contributed by atoms with Crippen molar-refractivity contribution < 1.29 is 23.0 Å². The molecule has 0 saturated heterocycles. The maximum atomic E-state index is 12.8. The summed E-state index contributed by atoms with van der Waals surface area (Å²) in [6, 6.07) is 1.39. The molecule has 1 heterocycles. The molecule has 1 aromatic rings. The van der Waals surface area contributed by atoms with E-state index in [0.717, 1.165) is 0 Å². The number of hydrogen-bond donors (Lipinski definition) is 0. The predicted molar refractivity (Wildman–Crippen MR) is 63.8 cm³/mol. The van der Waals surface area contributed by atoms with Gasteiger partial charge in [0.25, 0.3) is 6.43 Å². The summed E-state index contributed by atoms with van der Waals surface area (Å²) in [6.45, 7) is 1.85. The summed E-state index contributed by atoms with van der Waals surface area (Å²) in [4.78, 5) is 15.0. The summed E-state index contributed by atoms with van der Waals surface area (Å²) in [5, 5.41) is 0. The Morgan fingerprint density at radius 1 is 1.56 bits per heavy atom. The van der Waals surface area contributed by atoms with Crippen LogP contribution in [0.3, 0.4) is 0 Å². The first-order valence-electron chi connectivity index (χ1n) is 5.16. The highest BCUT2D eigenvalue weighted by Gasteiger charge is 2.20. The minimum Gasteiger partial charge on any atom is -0.480 e. The van der Waals surface area contributed by atoms with Gasteiger partial charge in [-0.2, -0.15) is 0 Å². The van der Waals surface area contributed by atoms with Crippen molar-refractivity contribution >= 4 is 21.9 Å². The summed E-state index contributed by atoms with van der Waals surface area (Å²) in [5.41, 5.74) is -0.348. The van der Waals surface area contributed by atoms with Gasteiger partial charge in [0.05, 0.1) is 24.6 Å². The van der Waals surface area contributed by atoms with E-state index in [1.54, 1.807) is 6.92 Å². The third-order valence-electron chi connectivity index (χ3n) is 2.10. The number of carbonyl (C=O) groups is 1. The van der Waals surface area contributed by atoms with Gasteiger partial charge in [0.1, 0.15) is 5.69 Å². The summed E-state index contributed by atoms with van der Waals surface area (Å²) in [5.74, 6) is -0.517. The average molecular weight is 324 g/mol. The Morgan fingerprint density at radius 2 is 2.22 bits per heavy atom. The van der Waals surface area contributed by atoms with Gasteiger partial charge in [0.2, 0.25) is 5.88 Å². The molecule has 0 aromatic carbocycles. The van der Waals surface area contributed by atoms with Crippen molar-refractivity contribution in [2.75, 3.05) is 13.7 Å². The first-order valence-corrected chi connectivity index (χ1v) is 5.96. The Balaban J connectivity index is 3.09. The van der Waals surface area contributed by atoms with E-state index in [1.807, 2.05) is 0 Å². The van der Waals surface area contributed by atoms with E-state index in [4.69, 9.17) is 9.47 Å². The van der Waals surface area contributed by atoms with Gasteiger partial charge in [-0.25, -0.2) is 13.8 Å². The molecule has 0 spiro atoms. The number of rotatable bonds is 5. The van der Waals surface area contributed by atoms with Gasteiger partial charge in [0.15, 0.2) is 0 Å². The highest BCUT2D eigenvalue weighted by Crippen LogP contribution is 2.30. The predicted octanol–water partition coefficient (Wildman–Crippen LogP) is 2.90. The molecule has 100 valence electrons. The fourth-order valence-electron chi connectivity index (χ4n) is 1.36. The van der Waals surface area contributed by atoms with Crippen LogP contribution in [0.2, 0.25) is 0 Å². The molecule has 7 heteroatoms. The van der Waals surface area contributed by atoms with Crippen molar-refractivity contribution in [2.45, 2.75) is 19.8 Å². The number of halogens is 3. The minimum absolute atomic E-state index is 0.0536. The molecule has 1 aromatic heterocycles. The molecule has 0 fully saturated rings. The van der Waals surface area contributed by atoms with Crippen molar-refractivity contribution in [1.29, 1.82) is 0 Å². The topological polar surface area (TPSA) is 48.4 Å². The summed E-state index contributed by atoms with van der Waals surface area (Å²) >= 11 is 3.13. The van der Waals surface area contributed by atoms with Gasteiger partial charge in [-0.3, -0.25) is 4.79 Å². The number of aromatic nitrogens is 1. The molecule has 0 aliphatic rings. The lowest BCUT2D eigenvalue weighted by Crippen LogP contribution is -2.11. The van der Waals surface area contributed by atoms with Crippen molar-refractivity contribution in [3.05, 3.63) is 21.8 Å². The number of carbonyl (C=O) groups excluding carboxylic acids is 1. The molecule has 0 bridgehead atoms. The summed E-state index contributed by atoms with van der Waals surface area (Å²) < 4.78 is 35.6. The van der Waals surface area contributed by atoms with Gasteiger partial charge in [-0.15, -0.1) is 0 Å². The van der Waals surface area contributed by atoms with Crippen LogP contribution in [0.5, 0.6) is 5.88 Å². The molecular formula is C11H12BrF2NO3. The Hall–Kier alpha value is -1.24. The summed E-state index contributed by atoms with van der Waals surface area (Å²) in [6.07, 6.45) is -3.03. The lowest BCUT2D eigenvalue weighted by molar-refractivity contribution is -0.142. The van der Waals surface area contributed by atoms with E-state index in [1.165, 1.54) is 13.2 Å². The van der Waals surface area contributed by atoms with Crippen LogP contribution in [-0.2, 0) is 16.0 Å². The van der Waals surface area contributed by atoms with Crippen LogP contribution in [0.4, 0.5) is 8.78 Å². The number of esters is 1. The SMILES string of the molecule is CCOC(=O)Cc1cc(Br)c(OC)nc1C(F)F. The molecule has 0 N–H and O–H groups in total. The lowest BCUT2D eigenvalue weighted by Gasteiger charge is -2.11. The van der Waals surface area contributed by atoms with Gasteiger partial charge >= 0.3 is 5.97 Å². The average Bonchev–Trinajstić information content (AvgIpc) is 2.29. The van der Waals surface area contributed by atoms with E-state index in [0.29, 0.717) is 4.47 Å². The lowest BCUT2D eigenvalue weighted by atomic mass is 10.1. The van der Waals surface area contributed by atoms with Crippen molar-refractivity contribution in [1.82, 2.24) is 4.98 Å². The second-order valence-corrected chi connectivity index (χ2v) is 4.16. The summed E-state index contributed by atoms with van der Waals surface area (Å²) in [7, 11) is 1.33. The molecule has 1 rings (SSSR count). The van der Waals surface area contributed by atoms with Crippen LogP contribution in [0, 0.1) is 0 Å². The molecule has 4 nitrogen and oxygen atoms in total. The zero-order valence-electron chi connectivity index (χ0n) is 9.87. The highest BCUT2D eigenvalue weighted by molar-refractivity contribution is 9.10. The van der Waals surface area contributed by atoms with Gasteiger partial charge in [-0.05, 0) is 34.5 Å². The number of alkyl halides is 2. The molecule has 0 aliphatic carbocycles. The molecule has 0 saturated carbocycles. The fourth-order valence-corrected chi connectivity index (χ4v) is 1.89. The van der Waals surface area contributed by atoms with Crippen molar-refractivity contribution in [3.63, 3.8) is 0 Å². The Kier molecular flexibility index (Phi) is 5.46. The molecule has 0 unspecified atom stereocenters. The first kappa shape index (κ1) is 14.8. The largest absolute Gasteiger partial charge is 0.480 e. The number of nitrogens with zero attached hydrogens (tertiary/aromatic N) is 1. The molecular weight excluding hydrogens is 312 g/mol. The number of hydrogen-bond acceptors (Lipinski definition) is 4. The maximum absolute atomic E-state index is 12.8. The van der Waals surface area contributed by atoms with Crippen LogP contribution < -0.4 is 4.74 Å². The number of methoxy groups -OCH3 is 1. The van der Waals surface area contributed by atoms with E-state index < -0.39 is 18.1 Å². The molecule has 0 amide bonds. The van der Waals surface area contributed by atoms with E-state index in [9.17, 15) is 13.6 Å². The van der Waals surface area contributed by atoms with E-state index in [-0.39, 0.29) is 24.5 Å². The third-order valence-corrected chi connectivity index (χ3v) is 2.66. The molecule has 18 heavy (non-hydrogen) atoms. The van der Waals surface area contributed by atoms with E-state index in [2.05, 4.69) is 20.9 Å². The van der Waals surface area contributed by atoms with Crippen LogP contribution >= 0.6 is 15.9 Å². The first-order chi connectivity index (χ1) is 8.49. The van der Waals surface area contributed by atoms with Gasteiger partial charge in [-0.1, -0.05) is 0 Å². The second-order valence-electron chi connectivity index (χ2n) is 3.31. The quantitative estimate of drug-likeness (QED) is 0.782. The van der Waals surface area contributed by atoms with E-state index >= 15 is 0 Å². The smallest absolute Gasteiger partial charge is 0.310 e. The van der Waals surface area contributed by atoms with Crippen molar-refractivity contribution in [2.24, 2.45) is 0 Å². The number of ether oxygens (including phenoxy) is 2. The van der Waals surface area contributed by atoms with Crippen LogP contribution in [-0.4, -0.2) is 24.7 Å². The standard InChI is InChI=1S/C11H12BrF2NO3/c1-3-18-8(16)5-6-4-7(12)11(17-2)15-9(6)10(13)14/h4,10H,3,5H2,1-2H3. The monoisotopic (exact) mass is 323 g/mol.